The molecular weight excluding hydrogens is 242 g/mol. The third-order valence-corrected chi connectivity index (χ3v) is 3.48. The Morgan fingerprint density at radius 1 is 1.00 bits per heavy atom. The second-order valence-corrected chi connectivity index (χ2v) is 5.07. The number of benzene rings is 2. The Bertz CT molecular complexity index is 531. The zero-order chi connectivity index (χ0) is 13.1. The van der Waals surface area contributed by atoms with E-state index in [9.17, 15) is 0 Å². The van der Waals surface area contributed by atoms with Gasteiger partial charge < -0.3 is 5.32 Å². The van der Waals surface area contributed by atoms with Crippen LogP contribution in [-0.2, 0) is 0 Å². The van der Waals surface area contributed by atoms with Gasteiger partial charge in [-0.25, -0.2) is 0 Å². The lowest BCUT2D eigenvalue weighted by Gasteiger charge is -2.20. The molecule has 94 valence electrons. The van der Waals surface area contributed by atoms with Gasteiger partial charge in [0.2, 0.25) is 0 Å². The van der Waals surface area contributed by atoms with Gasteiger partial charge in [-0.15, -0.1) is 0 Å². The molecule has 0 saturated heterocycles. The first-order valence-electron chi connectivity index (χ1n) is 6.11. The minimum absolute atomic E-state index is 0.211. The van der Waals surface area contributed by atoms with Crippen LogP contribution in [0.15, 0.2) is 42.5 Å². The van der Waals surface area contributed by atoms with Gasteiger partial charge in [0.15, 0.2) is 0 Å². The molecule has 2 rings (SSSR count). The van der Waals surface area contributed by atoms with Gasteiger partial charge in [0, 0.05) is 5.02 Å². The fourth-order valence-corrected chi connectivity index (χ4v) is 2.43. The maximum atomic E-state index is 5.94. The van der Waals surface area contributed by atoms with E-state index in [0.29, 0.717) is 0 Å². The van der Waals surface area contributed by atoms with E-state index >= 15 is 0 Å². The Hall–Kier alpha value is -1.31. The Kier molecular flexibility index (Phi) is 4.05. The molecule has 1 atom stereocenters. The van der Waals surface area contributed by atoms with Gasteiger partial charge in [-0.1, -0.05) is 47.5 Å². The molecule has 2 heteroatoms. The molecule has 0 aliphatic heterocycles. The second kappa shape index (κ2) is 5.55. The Balaban J connectivity index is 2.41. The average molecular weight is 260 g/mol. The zero-order valence-corrected chi connectivity index (χ0v) is 11.8. The quantitative estimate of drug-likeness (QED) is 0.868. The molecule has 1 N–H and O–H groups in total. The van der Waals surface area contributed by atoms with Crippen molar-refractivity contribution in [3.63, 3.8) is 0 Å². The molecule has 0 saturated carbocycles. The largest absolute Gasteiger partial charge is 0.309 e. The molecule has 0 aromatic heterocycles. The molecule has 18 heavy (non-hydrogen) atoms. The Morgan fingerprint density at radius 2 is 1.67 bits per heavy atom. The van der Waals surface area contributed by atoms with Gasteiger partial charge in [-0.2, -0.15) is 0 Å². The maximum absolute atomic E-state index is 5.94. The van der Waals surface area contributed by atoms with E-state index in [1.165, 1.54) is 22.3 Å². The topological polar surface area (TPSA) is 12.0 Å². The van der Waals surface area contributed by atoms with Crippen LogP contribution in [0.2, 0.25) is 5.02 Å². The number of halogens is 1. The van der Waals surface area contributed by atoms with Gasteiger partial charge >= 0.3 is 0 Å². The van der Waals surface area contributed by atoms with Crippen molar-refractivity contribution < 1.29 is 0 Å². The highest BCUT2D eigenvalue weighted by Crippen LogP contribution is 2.26. The molecule has 0 spiro atoms. The Labute approximate surface area is 114 Å². The van der Waals surface area contributed by atoms with Crippen molar-refractivity contribution in [1.29, 1.82) is 0 Å². The predicted octanol–water partition coefficient (Wildman–Crippen LogP) is 4.27. The van der Waals surface area contributed by atoms with Crippen molar-refractivity contribution in [3.8, 4) is 0 Å². The normalized spacial score (nSPS) is 12.4. The van der Waals surface area contributed by atoms with Crippen molar-refractivity contribution >= 4 is 11.6 Å². The molecule has 0 amide bonds. The van der Waals surface area contributed by atoms with E-state index < -0.39 is 0 Å². The summed E-state index contributed by atoms with van der Waals surface area (Å²) in [6.45, 7) is 4.27. The fourth-order valence-electron chi connectivity index (χ4n) is 2.31. The molecule has 1 unspecified atom stereocenters. The molecule has 0 bridgehead atoms. The summed E-state index contributed by atoms with van der Waals surface area (Å²) in [7, 11) is 1.98. The van der Waals surface area contributed by atoms with E-state index in [1.807, 2.05) is 19.2 Å². The summed E-state index contributed by atoms with van der Waals surface area (Å²) in [4.78, 5) is 0. The van der Waals surface area contributed by atoms with Crippen LogP contribution in [0.3, 0.4) is 0 Å². The van der Waals surface area contributed by atoms with Gasteiger partial charge in [0.25, 0.3) is 0 Å². The summed E-state index contributed by atoms with van der Waals surface area (Å²) in [6.07, 6.45) is 0. The zero-order valence-electron chi connectivity index (χ0n) is 11.0. The molecule has 0 aliphatic rings. The molecular formula is C16H18ClN. The molecule has 0 heterocycles. The van der Waals surface area contributed by atoms with Crippen LogP contribution in [0.4, 0.5) is 0 Å². The van der Waals surface area contributed by atoms with E-state index in [4.69, 9.17) is 11.6 Å². The van der Waals surface area contributed by atoms with E-state index in [1.54, 1.807) is 0 Å². The minimum Gasteiger partial charge on any atom is -0.309 e. The Morgan fingerprint density at radius 3 is 2.22 bits per heavy atom. The van der Waals surface area contributed by atoms with Crippen LogP contribution in [0.5, 0.6) is 0 Å². The first-order valence-corrected chi connectivity index (χ1v) is 6.49. The number of aryl methyl sites for hydroxylation is 2. The van der Waals surface area contributed by atoms with Crippen LogP contribution in [0.25, 0.3) is 0 Å². The van der Waals surface area contributed by atoms with Gasteiger partial charge in [-0.3, -0.25) is 0 Å². The lowest BCUT2D eigenvalue weighted by Crippen LogP contribution is -2.18. The number of hydrogen-bond donors (Lipinski definition) is 1. The highest BCUT2D eigenvalue weighted by atomic mass is 35.5. The third kappa shape index (κ3) is 2.74. The van der Waals surface area contributed by atoms with Crippen LogP contribution in [0, 0.1) is 13.8 Å². The van der Waals surface area contributed by atoms with Crippen LogP contribution in [-0.4, -0.2) is 7.05 Å². The third-order valence-electron chi connectivity index (χ3n) is 3.23. The SMILES string of the molecule is CNC(c1ccc(Cl)cc1)c1ccc(C)cc1C. The summed E-state index contributed by atoms with van der Waals surface area (Å²) in [6, 6.07) is 14.8. The summed E-state index contributed by atoms with van der Waals surface area (Å²) in [5.74, 6) is 0. The summed E-state index contributed by atoms with van der Waals surface area (Å²) >= 11 is 5.94. The maximum Gasteiger partial charge on any atom is 0.0576 e. The minimum atomic E-state index is 0.211. The first kappa shape index (κ1) is 13.1. The van der Waals surface area contributed by atoms with Gasteiger partial charge in [-0.05, 0) is 49.7 Å². The van der Waals surface area contributed by atoms with Crippen molar-refractivity contribution in [2.24, 2.45) is 0 Å². The van der Waals surface area contributed by atoms with Crippen molar-refractivity contribution in [2.75, 3.05) is 7.05 Å². The number of hydrogen-bond acceptors (Lipinski definition) is 1. The molecule has 0 radical (unpaired) electrons. The monoisotopic (exact) mass is 259 g/mol. The van der Waals surface area contributed by atoms with Crippen molar-refractivity contribution in [2.45, 2.75) is 19.9 Å². The van der Waals surface area contributed by atoms with E-state index in [-0.39, 0.29) is 6.04 Å². The van der Waals surface area contributed by atoms with Crippen LogP contribution >= 0.6 is 11.6 Å². The van der Waals surface area contributed by atoms with Gasteiger partial charge in [0.1, 0.15) is 0 Å². The fraction of sp³-hybridized carbons (Fsp3) is 0.250. The van der Waals surface area contributed by atoms with Crippen LogP contribution < -0.4 is 5.32 Å². The van der Waals surface area contributed by atoms with Crippen LogP contribution in [0.1, 0.15) is 28.3 Å². The lowest BCUT2D eigenvalue weighted by molar-refractivity contribution is 0.687. The molecule has 2 aromatic rings. The second-order valence-electron chi connectivity index (χ2n) is 4.63. The highest BCUT2D eigenvalue weighted by Gasteiger charge is 2.13. The average Bonchev–Trinajstić information content (AvgIpc) is 2.35. The van der Waals surface area contributed by atoms with Gasteiger partial charge in [0.05, 0.1) is 6.04 Å². The number of nitrogens with one attached hydrogen (secondary N) is 1. The smallest absolute Gasteiger partial charge is 0.0576 e. The van der Waals surface area contributed by atoms with E-state index in [0.717, 1.165) is 5.02 Å². The highest BCUT2D eigenvalue weighted by molar-refractivity contribution is 6.30. The summed E-state index contributed by atoms with van der Waals surface area (Å²) in [5, 5.41) is 4.14. The first-order chi connectivity index (χ1) is 8.61. The van der Waals surface area contributed by atoms with Crippen molar-refractivity contribution in [3.05, 3.63) is 69.7 Å². The molecule has 0 aliphatic carbocycles. The molecule has 2 aromatic carbocycles. The van der Waals surface area contributed by atoms with Crippen molar-refractivity contribution in [1.82, 2.24) is 5.32 Å². The molecule has 1 nitrogen and oxygen atoms in total. The molecule has 0 fully saturated rings. The summed E-state index contributed by atoms with van der Waals surface area (Å²) in [5.41, 5.74) is 5.14. The standard InChI is InChI=1S/C16H18ClN/c1-11-4-9-15(12(2)10-11)16(18-3)13-5-7-14(17)8-6-13/h4-10,16,18H,1-3H3. The van der Waals surface area contributed by atoms with E-state index in [2.05, 4.69) is 49.5 Å². The lowest BCUT2D eigenvalue weighted by atomic mass is 9.94. The number of rotatable bonds is 3. The summed E-state index contributed by atoms with van der Waals surface area (Å²) < 4.78 is 0. The predicted molar refractivity (Wildman–Crippen MR) is 78.3 cm³/mol.